The molecule has 0 saturated heterocycles. The van der Waals surface area contributed by atoms with Gasteiger partial charge in [0.15, 0.2) is 4.80 Å². The number of hydrogen-bond acceptors (Lipinski definition) is 6. The second kappa shape index (κ2) is 8.31. The van der Waals surface area contributed by atoms with Crippen LogP contribution in [0.4, 0.5) is 4.39 Å². The van der Waals surface area contributed by atoms with E-state index >= 15 is 0 Å². The van der Waals surface area contributed by atoms with E-state index < -0.39 is 17.8 Å². The van der Waals surface area contributed by atoms with Crippen LogP contribution >= 0.6 is 11.3 Å². The van der Waals surface area contributed by atoms with Crippen LogP contribution in [0.25, 0.3) is 6.08 Å². The maximum atomic E-state index is 13.6. The highest BCUT2D eigenvalue weighted by atomic mass is 32.1. The van der Waals surface area contributed by atoms with Crippen molar-refractivity contribution in [3.63, 3.8) is 0 Å². The Labute approximate surface area is 180 Å². The minimum atomic E-state index is -0.759. The number of halogens is 1. The maximum absolute atomic E-state index is 13.6. The molecule has 1 aliphatic rings. The monoisotopic (exact) mass is 438 g/mol. The van der Waals surface area contributed by atoms with Crippen LogP contribution in [0.1, 0.15) is 31.0 Å². The fraction of sp³-hybridized carbons (Fsp3) is 0.174. The molecule has 0 fully saturated rings. The van der Waals surface area contributed by atoms with Crippen LogP contribution in [0, 0.1) is 5.82 Å². The van der Waals surface area contributed by atoms with E-state index in [4.69, 9.17) is 4.74 Å². The first kappa shape index (κ1) is 20.7. The smallest absolute Gasteiger partial charge is 0.338 e. The van der Waals surface area contributed by atoms with Crippen molar-refractivity contribution in [3.05, 3.63) is 96.4 Å². The van der Waals surface area contributed by atoms with Gasteiger partial charge in [-0.25, -0.2) is 14.2 Å². The van der Waals surface area contributed by atoms with Gasteiger partial charge in [0.25, 0.3) is 5.56 Å². The van der Waals surface area contributed by atoms with E-state index in [0.717, 1.165) is 0 Å². The molecule has 4 rings (SSSR count). The molecule has 0 amide bonds. The highest BCUT2D eigenvalue weighted by Gasteiger charge is 2.33. The lowest BCUT2D eigenvalue weighted by Gasteiger charge is -2.24. The summed E-state index contributed by atoms with van der Waals surface area (Å²) in [6.45, 7) is 3.59. The molecule has 0 spiro atoms. The van der Waals surface area contributed by atoms with Gasteiger partial charge in [-0.15, -0.1) is 0 Å². The van der Waals surface area contributed by atoms with Crippen LogP contribution in [0.2, 0.25) is 0 Å². The number of ether oxygens (including phenoxy) is 1. The number of carbonyl (C=O) groups is 1. The number of phenolic OH excluding ortho intramolecular Hbond substituents is 1. The molecule has 0 bridgehead atoms. The summed E-state index contributed by atoms with van der Waals surface area (Å²) in [6.07, 6.45) is 1.60. The molecule has 2 heterocycles. The number of nitrogens with zero attached hydrogens (tertiary/aromatic N) is 2. The molecule has 158 valence electrons. The van der Waals surface area contributed by atoms with Crippen LogP contribution in [0.3, 0.4) is 0 Å². The summed E-state index contributed by atoms with van der Waals surface area (Å²) in [6, 6.07) is 11.5. The molecule has 0 saturated carbocycles. The number of rotatable bonds is 4. The van der Waals surface area contributed by atoms with Gasteiger partial charge in [0.1, 0.15) is 11.6 Å². The molecule has 2 aromatic carbocycles. The first-order valence-corrected chi connectivity index (χ1v) is 10.4. The topological polar surface area (TPSA) is 80.9 Å². The zero-order valence-corrected chi connectivity index (χ0v) is 17.6. The zero-order valence-electron chi connectivity index (χ0n) is 16.8. The second-order valence-corrected chi connectivity index (χ2v) is 7.96. The van der Waals surface area contributed by atoms with Gasteiger partial charge in [-0.05, 0) is 55.3 Å². The van der Waals surface area contributed by atoms with Crippen molar-refractivity contribution in [1.82, 2.24) is 4.57 Å². The van der Waals surface area contributed by atoms with Crippen LogP contribution in [0.5, 0.6) is 5.75 Å². The largest absolute Gasteiger partial charge is 0.508 e. The van der Waals surface area contributed by atoms with Gasteiger partial charge in [0, 0.05) is 0 Å². The maximum Gasteiger partial charge on any atom is 0.338 e. The van der Waals surface area contributed by atoms with Crippen molar-refractivity contribution < 1.29 is 19.0 Å². The molecule has 1 N–H and O–H groups in total. The number of hydrogen-bond donors (Lipinski definition) is 1. The molecule has 0 aliphatic carbocycles. The summed E-state index contributed by atoms with van der Waals surface area (Å²) >= 11 is 1.17. The standard InChI is InChI=1S/C23H19FN2O4S/c1-3-30-22(29)19-13(2)25-23-26(20(19)15-7-9-17(27)10-8-15)21(28)18(31-23)12-14-5-4-6-16(24)11-14/h4-12,20,27H,3H2,1-2H3/b18-12-/t20-/m0/s1. The number of benzene rings is 2. The fourth-order valence-electron chi connectivity index (χ4n) is 3.51. The number of fused-ring (bicyclic) bond motifs is 1. The number of allylic oxidation sites excluding steroid dienone is 1. The van der Waals surface area contributed by atoms with Crippen molar-refractivity contribution in [3.8, 4) is 5.75 Å². The van der Waals surface area contributed by atoms with Crippen molar-refractivity contribution in [1.29, 1.82) is 0 Å². The number of thiazole rings is 1. The summed E-state index contributed by atoms with van der Waals surface area (Å²) in [5.74, 6) is -0.883. The number of carbonyl (C=O) groups excluding carboxylic acids is 1. The lowest BCUT2D eigenvalue weighted by Crippen LogP contribution is -2.39. The van der Waals surface area contributed by atoms with E-state index in [1.165, 1.54) is 40.2 Å². The lowest BCUT2D eigenvalue weighted by atomic mass is 9.96. The molecule has 0 radical (unpaired) electrons. The third kappa shape index (κ3) is 3.94. The van der Waals surface area contributed by atoms with Gasteiger partial charge >= 0.3 is 5.97 Å². The van der Waals surface area contributed by atoms with Gasteiger partial charge < -0.3 is 9.84 Å². The van der Waals surface area contributed by atoms with Gasteiger partial charge in [-0.2, -0.15) is 0 Å². The van der Waals surface area contributed by atoms with Crippen LogP contribution in [-0.4, -0.2) is 22.2 Å². The van der Waals surface area contributed by atoms with Gasteiger partial charge in [0.05, 0.1) is 28.5 Å². The molecule has 3 aromatic rings. The molecule has 6 nitrogen and oxygen atoms in total. The number of esters is 1. The van der Waals surface area contributed by atoms with E-state index in [0.29, 0.717) is 26.2 Å². The summed E-state index contributed by atoms with van der Waals surface area (Å²) in [5, 5.41) is 9.68. The number of phenols is 1. The predicted molar refractivity (Wildman–Crippen MR) is 115 cm³/mol. The Kier molecular flexibility index (Phi) is 5.56. The first-order chi connectivity index (χ1) is 14.9. The van der Waals surface area contributed by atoms with E-state index in [-0.39, 0.29) is 23.5 Å². The quantitative estimate of drug-likeness (QED) is 0.635. The fourth-order valence-corrected chi connectivity index (χ4v) is 4.56. The summed E-state index contributed by atoms with van der Waals surface area (Å²) in [4.78, 5) is 31.0. The predicted octanol–water partition coefficient (Wildman–Crippen LogP) is 2.64. The van der Waals surface area contributed by atoms with E-state index in [1.54, 1.807) is 44.2 Å². The number of aromatic hydroxyl groups is 1. The Morgan fingerprint density at radius 2 is 2.03 bits per heavy atom. The minimum absolute atomic E-state index is 0.0700. The van der Waals surface area contributed by atoms with E-state index in [2.05, 4.69) is 4.99 Å². The average Bonchev–Trinajstić information content (AvgIpc) is 3.02. The molecular weight excluding hydrogens is 419 g/mol. The minimum Gasteiger partial charge on any atom is -0.508 e. The van der Waals surface area contributed by atoms with Crippen molar-refractivity contribution in [2.24, 2.45) is 4.99 Å². The van der Waals surface area contributed by atoms with E-state index in [9.17, 15) is 19.1 Å². The van der Waals surface area contributed by atoms with Crippen molar-refractivity contribution >= 4 is 23.4 Å². The lowest BCUT2D eigenvalue weighted by molar-refractivity contribution is -0.139. The Bertz CT molecular complexity index is 1370. The summed E-state index contributed by atoms with van der Waals surface area (Å²) in [7, 11) is 0. The Hall–Kier alpha value is -3.52. The van der Waals surface area contributed by atoms with Crippen LogP contribution < -0.4 is 14.9 Å². The summed E-state index contributed by atoms with van der Waals surface area (Å²) in [5.41, 5.74) is 1.55. The second-order valence-electron chi connectivity index (χ2n) is 6.95. The molecule has 1 aromatic heterocycles. The molecule has 0 unspecified atom stereocenters. The van der Waals surface area contributed by atoms with Gasteiger partial charge in [-0.1, -0.05) is 35.6 Å². The zero-order chi connectivity index (χ0) is 22.1. The highest BCUT2D eigenvalue weighted by molar-refractivity contribution is 7.07. The average molecular weight is 438 g/mol. The Morgan fingerprint density at radius 1 is 1.29 bits per heavy atom. The molecule has 31 heavy (non-hydrogen) atoms. The first-order valence-electron chi connectivity index (χ1n) is 9.63. The van der Waals surface area contributed by atoms with Crippen molar-refractivity contribution in [2.45, 2.75) is 19.9 Å². The molecular formula is C23H19FN2O4S. The van der Waals surface area contributed by atoms with Gasteiger partial charge in [0.2, 0.25) is 0 Å². The third-order valence-electron chi connectivity index (χ3n) is 4.87. The Balaban J connectivity index is 1.96. The van der Waals surface area contributed by atoms with E-state index in [1.807, 2.05) is 0 Å². The Morgan fingerprint density at radius 3 is 2.71 bits per heavy atom. The summed E-state index contributed by atoms with van der Waals surface area (Å²) < 4.78 is 20.6. The highest BCUT2D eigenvalue weighted by Crippen LogP contribution is 2.31. The third-order valence-corrected chi connectivity index (χ3v) is 5.86. The molecule has 1 atom stereocenters. The van der Waals surface area contributed by atoms with Crippen LogP contribution in [0.15, 0.2) is 69.6 Å². The van der Waals surface area contributed by atoms with Gasteiger partial charge in [-0.3, -0.25) is 9.36 Å². The normalized spacial score (nSPS) is 16.1. The molecule has 8 heteroatoms. The number of aromatic nitrogens is 1. The SMILES string of the molecule is CCOC(=O)C1=C(C)N=c2s/c(=C\c3cccc(F)c3)c(=O)n2[C@H]1c1ccc(O)cc1. The van der Waals surface area contributed by atoms with Crippen LogP contribution in [-0.2, 0) is 9.53 Å². The van der Waals surface area contributed by atoms with Crippen molar-refractivity contribution in [2.75, 3.05) is 6.61 Å². The molecule has 1 aliphatic heterocycles.